The molecule has 0 amide bonds. The third-order valence-corrected chi connectivity index (χ3v) is 11.9. The van der Waals surface area contributed by atoms with Crippen molar-refractivity contribution in [2.24, 2.45) is 0 Å². The van der Waals surface area contributed by atoms with E-state index in [0.29, 0.717) is 17.5 Å². The van der Waals surface area contributed by atoms with Crippen molar-refractivity contribution in [2.45, 2.75) is 0 Å². The average Bonchev–Trinajstić information content (AvgIpc) is 3.83. The molecule has 0 aliphatic rings. The van der Waals surface area contributed by atoms with Crippen LogP contribution in [0.5, 0.6) is 0 Å². The largest absolute Gasteiger partial charge is 0.309 e. The second kappa shape index (κ2) is 13.3. The highest BCUT2D eigenvalue weighted by Crippen LogP contribution is 2.43. The van der Waals surface area contributed by atoms with E-state index in [4.69, 9.17) is 15.0 Å². The summed E-state index contributed by atoms with van der Waals surface area (Å²) >= 11 is 1.87. The summed E-state index contributed by atoms with van der Waals surface area (Å²) in [6.45, 7) is 0. The molecular formula is C51H32N4S. The second-order valence-corrected chi connectivity index (χ2v) is 15.1. The Morgan fingerprint density at radius 2 is 0.839 bits per heavy atom. The van der Waals surface area contributed by atoms with Crippen LogP contribution in [0.3, 0.4) is 0 Å². The van der Waals surface area contributed by atoms with E-state index in [1.807, 2.05) is 47.7 Å². The van der Waals surface area contributed by atoms with Crippen LogP contribution in [0.2, 0.25) is 0 Å². The van der Waals surface area contributed by atoms with Gasteiger partial charge in [-0.1, -0.05) is 164 Å². The third-order valence-electron chi connectivity index (χ3n) is 10.7. The van der Waals surface area contributed by atoms with Gasteiger partial charge in [0.1, 0.15) is 0 Å². The standard InChI is InChI=1S/C51H32N4S/c1-3-12-33(13-4-1)34-22-24-35(25-23-34)36-26-28-38(29-27-36)50-52-49(37-14-5-2-6-15-37)53-51(54-50)39-16-11-17-40(32-39)55-44-20-9-7-19-43(44)47-45(55)31-30-42-41-18-8-10-21-46(41)56-48(42)47/h1-32H. The van der Waals surface area contributed by atoms with E-state index in [0.717, 1.165) is 33.5 Å². The van der Waals surface area contributed by atoms with E-state index in [9.17, 15) is 0 Å². The zero-order chi connectivity index (χ0) is 37.0. The fourth-order valence-electron chi connectivity index (χ4n) is 7.95. The molecule has 0 saturated heterocycles. The monoisotopic (exact) mass is 732 g/mol. The Hall–Kier alpha value is -7.21. The predicted molar refractivity (Wildman–Crippen MR) is 234 cm³/mol. The normalized spacial score (nSPS) is 11.6. The highest BCUT2D eigenvalue weighted by Gasteiger charge is 2.19. The minimum Gasteiger partial charge on any atom is -0.309 e. The molecule has 56 heavy (non-hydrogen) atoms. The van der Waals surface area contributed by atoms with Gasteiger partial charge in [-0.25, -0.2) is 15.0 Å². The van der Waals surface area contributed by atoms with Gasteiger partial charge in [-0.3, -0.25) is 0 Å². The number of aromatic nitrogens is 4. The highest BCUT2D eigenvalue weighted by atomic mass is 32.1. The van der Waals surface area contributed by atoms with Gasteiger partial charge in [0.2, 0.25) is 0 Å². The van der Waals surface area contributed by atoms with Gasteiger partial charge in [-0.05, 0) is 52.6 Å². The molecule has 0 bridgehead atoms. The topological polar surface area (TPSA) is 43.6 Å². The molecule has 0 atom stereocenters. The molecule has 0 spiro atoms. The molecule has 0 radical (unpaired) electrons. The van der Waals surface area contributed by atoms with Gasteiger partial charge >= 0.3 is 0 Å². The third kappa shape index (κ3) is 5.48. The van der Waals surface area contributed by atoms with Crippen LogP contribution in [0.4, 0.5) is 0 Å². The summed E-state index contributed by atoms with van der Waals surface area (Å²) in [4.78, 5) is 15.2. The number of nitrogens with zero attached hydrogens (tertiary/aromatic N) is 4. The zero-order valence-electron chi connectivity index (χ0n) is 30.2. The number of rotatable bonds is 6. The summed E-state index contributed by atoms with van der Waals surface area (Å²) < 4.78 is 5.00. The number of fused-ring (bicyclic) bond motifs is 7. The van der Waals surface area contributed by atoms with Crippen LogP contribution < -0.4 is 0 Å². The van der Waals surface area contributed by atoms with E-state index in [2.05, 4.69) is 162 Å². The summed E-state index contributed by atoms with van der Waals surface area (Å²) in [5.74, 6) is 1.90. The van der Waals surface area contributed by atoms with Crippen molar-refractivity contribution in [1.82, 2.24) is 19.5 Å². The van der Waals surface area contributed by atoms with Gasteiger partial charge < -0.3 is 4.57 Å². The first kappa shape index (κ1) is 32.2. The van der Waals surface area contributed by atoms with Crippen molar-refractivity contribution in [3.8, 4) is 62.1 Å². The van der Waals surface area contributed by atoms with Crippen molar-refractivity contribution >= 4 is 53.3 Å². The van der Waals surface area contributed by atoms with Crippen molar-refractivity contribution in [1.29, 1.82) is 0 Å². The molecular weight excluding hydrogens is 701 g/mol. The molecule has 0 saturated carbocycles. The highest BCUT2D eigenvalue weighted by molar-refractivity contribution is 7.26. The number of hydrogen-bond acceptors (Lipinski definition) is 4. The van der Waals surface area contributed by atoms with Gasteiger partial charge in [0.05, 0.1) is 11.0 Å². The number of para-hydroxylation sites is 1. The predicted octanol–water partition coefficient (Wildman–Crippen LogP) is 13.7. The first-order valence-corrected chi connectivity index (χ1v) is 19.6. The fraction of sp³-hybridized carbons (Fsp3) is 0. The number of benzene rings is 8. The lowest BCUT2D eigenvalue weighted by Crippen LogP contribution is -2.01. The van der Waals surface area contributed by atoms with Crippen LogP contribution in [0.15, 0.2) is 194 Å². The van der Waals surface area contributed by atoms with Crippen LogP contribution in [0.1, 0.15) is 0 Å². The average molecular weight is 733 g/mol. The lowest BCUT2D eigenvalue weighted by molar-refractivity contribution is 1.07. The van der Waals surface area contributed by atoms with Gasteiger partial charge in [0, 0.05) is 53.3 Å². The van der Waals surface area contributed by atoms with Crippen LogP contribution in [0.25, 0.3) is 104 Å². The second-order valence-electron chi connectivity index (χ2n) is 14.0. The fourth-order valence-corrected chi connectivity index (χ4v) is 9.20. The van der Waals surface area contributed by atoms with Crippen LogP contribution in [-0.2, 0) is 0 Å². The zero-order valence-corrected chi connectivity index (χ0v) is 31.0. The first-order chi connectivity index (χ1) is 27.7. The number of thiophene rings is 1. The Morgan fingerprint density at radius 1 is 0.339 bits per heavy atom. The SMILES string of the molecule is c1ccc(-c2ccc(-c3ccc(-c4nc(-c5ccccc5)nc(-c5cccc(-n6c7ccccc7c7c8sc9ccccc9c8ccc76)c5)n4)cc3)cc2)cc1. The molecule has 0 fully saturated rings. The Morgan fingerprint density at radius 3 is 1.52 bits per heavy atom. The smallest absolute Gasteiger partial charge is 0.164 e. The molecule has 11 aromatic rings. The molecule has 4 nitrogen and oxygen atoms in total. The Kier molecular flexibility index (Phi) is 7.64. The van der Waals surface area contributed by atoms with Crippen molar-refractivity contribution in [2.75, 3.05) is 0 Å². The van der Waals surface area contributed by atoms with Gasteiger partial charge in [-0.15, -0.1) is 11.3 Å². The van der Waals surface area contributed by atoms with Crippen molar-refractivity contribution < 1.29 is 0 Å². The summed E-state index contributed by atoms with van der Waals surface area (Å²) in [7, 11) is 0. The van der Waals surface area contributed by atoms with E-state index in [1.54, 1.807) is 0 Å². The van der Waals surface area contributed by atoms with Gasteiger partial charge in [0.25, 0.3) is 0 Å². The van der Waals surface area contributed by atoms with E-state index in [-0.39, 0.29) is 0 Å². The molecule has 262 valence electrons. The maximum Gasteiger partial charge on any atom is 0.164 e. The van der Waals surface area contributed by atoms with Crippen molar-refractivity contribution in [3.05, 3.63) is 194 Å². The summed E-state index contributed by atoms with van der Waals surface area (Å²) in [5.41, 5.74) is 10.9. The van der Waals surface area contributed by atoms with Crippen LogP contribution >= 0.6 is 11.3 Å². The lowest BCUT2D eigenvalue weighted by Gasteiger charge is -2.12. The minimum atomic E-state index is 0.629. The molecule has 8 aromatic carbocycles. The summed E-state index contributed by atoms with van der Waals surface area (Å²) in [6.07, 6.45) is 0. The number of hydrogen-bond donors (Lipinski definition) is 0. The van der Waals surface area contributed by atoms with E-state index >= 15 is 0 Å². The lowest BCUT2D eigenvalue weighted by atomic mass is 9.99. The molecule has 0 aliphatic carbocycles. The molecule has 3 heterocycles. The minimum absolute atomic E-state index is 0.629. The molecule has 3 aromatic heterocycles. The molecule has 5 heteroatoms. The van der Waals surface area contributed by atoms with Gasteiger partial charge in [-0.2, -0.15) is 0 Å². The van der Waals surface area contributed by atoms with Gasteiger partial charge in [0.15, 0.2) is 17.5 Å². The summed E-state index contributed by atoms with van der Waals surface area (Å²) in [5, 5.41) is 5.14. The van der Waals surface area contributed by atoms with Crippen LogP contribution in [-0.4, -0.2) is 19.5 Å². The van der Waals surface area contributed by atoms with E-state index in [1.165, 1.54) is 53.1 Å². The molecule has 0 aliphatic heterocycles. The maximum absolute atomic E-state index is 5.13. The van der Waals surface area contributed by atoms with Crippen LogP contribution in [0, 0.1) is 0 Å². The molecule has 0 N–H and O–H groups in total. The maximum atomic E-state index is 5.13. The first-order valence-electron chi connectivity index (χ1n) is 18.8. The molecule has 0 unspecified atom stereocenters. The Balaban J connectivity index is 1.01. The summed E-state index contributed by atoms with van der Waals surface area (Å²) in [6, 6.07) is 68.4. The molecule has 11 rings (SSSR count). The Bertz CT molecular complexity index is 3220. The van der Waals surface area contributed by atoms with Crippen molar-refractivity contribution in [3.63, 3.8) is 0 Å². The quantitative estimate of drug-likeness (QED) is 0.171. The Labute approximate surface area is 327 Å². The van der Waals surface area contributed by atoms with E-state index < -0.39 is 0 Å².